The number of fused-ring (bicyclic) bond motifs is 1. The molecule has 1 N–H and O–H groups in total. The Morgan fingerprint density at radius 2 is 1.64 bits per heavy atom. The van der Waals surface area contributed by atoms with Crippen molar-refractivity contribution in [1.82, 2.24) is 9.13 Å². The number of rotatable bonds is 4. The van der Waals surface area contributed by atoms with Gasteiger partial charge in [-0.15, -0.1) is 11.8 Å². The van der Waals surface area contributed by atoms with Crippen molar-refractivity contribution in [2.45, 2.75) is 19.6 Å². The van der Waals surface area contributed by atoms with E-state index in [4.69, 9.17) is 4.99 Å². The van der Waals surface area contributed by atoms with E-state index < -0.39 is 17.1 Å². The SMILES string of the molecule is Cc1ccc(N=C(SCc2ccc3ccccc3c2)c2c(O)n(C)c(=O)n(C)c2=O)cc1C. The molecule has 0 unspecified atom stereocenters. The molecule has 0 aliphatic rings. The van der Waals surface area contributed by atoms with Gasteiger partial charge in [-0.05, 0) is 53.4 Å². The summed E-state index contributed by atoms with van der Waals surface area (Å²) in [5, 5.41) is 13.4. The maximum absolute atomic E-state index is 13.0. The maximum atomic E-state index is 13.0. The molecule has 0 aliphatic carbocycles. The van der Waals surface area contributed by atoms with Crippen molar-refractivity contribution < 1.29 is 5.11 Å². The quantitative estimate of drug-likeness (QED) is 0.358. The first-order valence-corrected chi connectivity index (χ1v) is 11.5. The van der Waals surface area contributed by atoms with Crippen LogP contribution in [0.2, 0.25) is 0 Å². The number of nitrogens with zero attached hydrogens (tertiary/aromatic N) is 3. The second kappa shape index (κ2) is 9.11. The van der Waals surface area contributed by atoms with E-state index >= 15 is 0 Å². The van der Waals surface area contributed by atoms with E-state index in [2.05, 4.69) is 24.3 Å². The molecule has 0 bridgehead atoms. The Bertz CT molecular complexity index is 1520. The molecule has 0 radical (unpaired) electrons. The van der Waals surface area contributed by atoms with Gasteiger partial charge in [0.1, 0.15) is 10.6 Å². The van der Waals surface area contributed by atoms with E-state index in [1.807, 2.05) is 50.2 Å². The standard InChI is InChI=1S/C26H25N3O3S/c1-16-9-12-21(13-17(16)2)27-23(22-24(30)28(3)26(32)29(4)25(22)31)33-15-18-10-11-19-7-5-6-8-20(19)14-18/h5-14,30H,15H2,1-4H3. The molecule has 1 heterocycles. The van der Waals surface area contributed by atoms with Crippen LogP contribution in [0.3, 0.4) is 0 Å². The molecule has 168 valence electrons. The van der Waals surface area contributed by atoms with Gasteiger partial charge >= 0.3 is 5.69 Å². The van der Waals surface area contributed by atoms with Gasteiger partial charge in [0.05, 0.1) is 5.69 Å². The van der Waals surface area contributed by atoms with Gasteiger partial charge in [0.25, 0.3) is 5.56 Å². The van der Waals surface area contributed by atoms with Crippen molar-refractivity contribution in [2.24, 2.45) is 19.1 Å². The van der Waals surface area contributed by atoms with Crippen molar-refractivity contribution in [2.75, 3.05) is 0 Å². The van der Waals surface area contributed by atoms with E-state index in [-0.39, 0.29) is 5.56 Å². The molecular formula is C26H25N3O3S. The fourth-order valence-electron chi connectivity index (χ4n) is 3.57. The molecule has 4 aromatic rings. The van der Waals surface area contributed by atoms with Crippen molar-refractivity contribution in [1.29, 1.82) is 0 Å². The van der Waals surface area contributed by atoms with E-state index in [0.717, 1.165) is 36.6 Å². The Morgan fingerprint density at radius 1 is 0.909 bits per heavy atom. The normalized spacial score (nSPS) is 11.8. The van der Waals surface area contributed by atoms with Gasteiger partial charge < -0.3 is 5.11 Å². The summed E-state index contributed by atoms with van der Waals surface area (Å²) in [4.78, 5) is 30.0. The lowest BCUT2D eigenvalue weighted by Crippen LogP contribution is -2.39. The van der Waals surface area contributed by atoms with E-state index in [1.54, 1.807) is 0 Å². The molecule has 3 aromatic carbocycles. The Labute approximate surface area is 195 Å². The first kappa shape index (κ1) is 22.6. The second-order valence-electron chi connectivity index (χ2n) is 8.06. The first-order chi connectivity index (χ1) is 15.8. The molecular weight excluding hydrogens is 434 g/mol. The monoisotopic (exact) mass is 459 g/mol. The zero-order chi connectivity index (χ0) is 23.7. The van der Waals surface area contributed by atoms with E-state index in [0.29, 0.717) is 16.5 Å². The van der Waals surface area contributed by atoms with Crippen LogP contribution in [-0.4, -0.2) is 19.3 Å². The molecule has 7 heteroatoms. The highest BCUT2D eigenvalue weighted by atomic mass is 32.2. The fraction of sp³-hybridized carbons (Fsp3) is 0.192. The molecule has 0 amide bonds. The minimum absolute atomic E-state index is 0.0172. The lowest BCUT2D eigenvalue weighted by atomic mass is 10.1. The van der Waals surface area contributed by atoms with Crippen LogP contribution in [-0.2, 0) is 19.8 Å². The molecule has 0 saturated heterocycles. The molecule has 0 fully saturated rings. The molecule has 33 heavy (non-hydrogen) atoms. The Morgan fingerprint density at radius 3 is 2.36 bits per heavy atom. The van der Waals surface area contributed by atoms with Crippen molar-refractivity contribution in [3.05, 3.63) is 104 Å². The largest absolute Gasteiger partial charge is 0.494 e. The minimum Gasteiger partial charge on any atom is -0.494 e. The lowest BCUT2D eigenvalue weighted by Gasteiger charge is -2.13. The summed E-state index contributed by atoms with van der Waals surface area (Å²) in [6.45, 7) is 4.02. The topological polar surface area (TPSA) is 76.6 Å². The van der Waals surface area contributed by atoms with Gasteiger partial charge in [-0.3, -0.25) is 13.9 Å². The maximum Gasteiger partial charge on any atom is 0.333 e. The van der Waals surface area contributed by atoms with Gasteiger partial charge in [0.2, 0.25) is 5.88 Å². The Hall–Kier alpha value is -3.58. The highest BCUT2D eigenvalue weighted by Gasteiger charge is 2.21. The molecule has 0 aliphatic heterocycles. The number of hydrogen-bond donors (Lipinski definition) is 1. The molecule has 6 nitrogen and oxygen atoms in total. The summed E-state index contributed by atoms with van der Waals surface area (Å²) in [7, 11) is 2.83. The number of thioether (sulfide) groups is 1. The van der Waals surface area contributed by atoms with Crippen LogP contribution in [0.4, 0.5) is 5.69 Å². The second-order valence-corrected chi connectivity index (χ2v) is 9.02. The Kier molecular flexibility index (Phi) is 6.24. The molecule has 1 aromatic heterocycles. The summed E-state index contributed by atoms with van der Waals surface area (Å²) in [6.07, 6.45) is 0. The van der Waals surface area contributed by atoms with Crippen LogP contribution in [0.1, 0.15) is 22.3 Å². The van der Waals surface area contributed by atoms with Gasteiger partial charge in [-0.2, -0.15) is 0 Å². The molecule has 4 rings (SSSR count). The third kappa shape index (κ3) is 4.50. The predicted molar refractivity (Wildman–Crippen MR) is 136 cm³/mol. The van der Waals surface area contributed by atoms with Gasteiger partial charge in [0, 0.05) is 19.8 Å². The third-order valence-electron chi connectivity index (χ3n) is 5.76. The van der Waals surface area contributed by atoms with E-state index in [1.165, 1.54) is 25.9 Å². The minimum atomic E-state index is -0.591. The summed E-state index contributed by atoms with van der Waals surface area (Å²) in [5.74, 6) is 0.150. The number of aliphatic imine (C=N–C) groups is 1. The van der Waals surface area contributed by atoms with Crippen molar-refractivity contribution >= 4 is 33.3 Å². The highest BCUT2D eigenvalue weighted by Crippen LogP contribution is 2.27. The van der Waals surface area contributed by atoms with Crippen LogP contribution in [0, 0.1) is 13.8 Å². The highest BCUT2D eigenvalue weighted by molar-refractivity contribution is 8.13. The zero-order valence-electron chi connectivity index (χ0n) is 19.0. The van der Waals surface area contributed by atoms with Crippen LogP contribution < -0.4 is 11.2 Å². The lowest BCUT2D eigenvalue weighted by molar-refractivity contribution is 0.410. The van der Waals surface area contributed by atoms with Crippen LogP contribution >= 0.6 is 11.8 Å². The third-order valence-corrected chi connectivity index (χ3v) is 6.80. The zero-order valence-corrected chi connectivity index (χ0v) is 19.8. The van der Waals surface area contributed by atoms with Gasteiger partial charge in [0.15, 0.2) is 0 Å². The summed E-state index contributed by atoms with van der Waals surface area (Å²) in [6, 6.07) is 20.1. The average molecular weight is 460 g/mol. The summed E-state index contributed by atoms with van der Waals surface area (Å²) in [5.41, 5.74) is 2.80. The average Bonchev–Trinajstić information content (AvgIpc) is 2.82. The number of aromatic hydroxyl groups is 1. The number of hydrogen-bond acceptors (Lipinski definition) is 5. The van der Waals surface area contributed by atoms with Crippen LogP contribution in [0.25, 0.3) is 10.8 Å². The van der Waals surface area contributed by atoms with Gasteiger partial charge in [-0.25, -0.2) is 9.79 Å². The van der Waals surface area contributed by atoms with Crippen molar-refractivity contribution in [3.8, 4) is 5.88 Å². The first-order valence-electron chi connectivity index (χ1n) is 10.5. The summed E-state index contributed by atoms with van der Waals surface area (Å²) < 4.78 is 2.05. The molecule has 0 atom stereocenters. The molecule has 0 spiro atoms. The van der Waals surface area contributed by atoms with Gasteiger partial charge in [-0.1, -0.05) is 48.5 Å². The van der Waals surface area contributed by atoms with E-state index in [9.17, 15) is 14.7 Å². The smallest absolute Gasteiger partial charge is 0.333 e. The fourth-order valence-corrected chi connectivity index (χ4v) is 4.55. The van der Waals surface area contributed by atoms with Crippen LogP contribution in [0.5, 0.6) is 5.88 Å². The number of aryl methyl sites for hydroxylation is 2. The number of aromatic nitrogens is 2. The molecule has 0 saturated carbocycles. The Balaban J connectivity index is 1.81. The predicted octanol–water partition coefficient (Wildman–Crippen LogP) is 4.57. The van der Waals surface area contributed by atoms with Crippen molar-refractivity contribution in [3.63, 3.8) is 0 Å². The van der Waals surface area contributed by atoms with Crippen LogP contribution in [0.15, 0.2) is 75.2 Å². The number of benzene rings is 3. The summed E-state index contributed by atoms with van der Waals surface area (Å²) >= 11 is 1.35.